The zero-order valence-corrected chi connectivity index (χ0v) is 12.8. The Kier molecular flexibility index (Phi) is 3.37. The van der Waals surface area contributed by atoms with Gasteiger partial charge in [-0.1, -0.05) is 36.4 Å². The zero-order valence-electron chi connectivity index (χ0n) is 11.9. The molecule has 0 saturated carbocycles. The van der Waals surface area contributed by atoms with E-state index in [1.54, 1.807) is 11.3 Å². The fraction of sp³-hybridized carbons (Fsp3) is 0.0556. The molecule has 4 heteroatoms. The predicted octanol–water partition coefficient (Wildman–Crippen LogP) is 4.66. The standard InChI is InChI=1S/C18H15N3S/c1-2-5-14(6-3-1)16-12-19-11-15(16)13-21-9-8-20-18(21)17-7-4-10-22-17/h1-12,19H,13H2. The fourth-order valence-electron chi connectivity index (χ4n) is 2.66. The first-order chi connectivity index (χ1) is 10.9. The number of aromatic amines is 1. The quantitative estimate of drug-likeness (QED) is 0.585. The summed E-state index contributed by atoms with van der Waals surface area (Å²) in [6.45, 7) is 0.807. The molecule has 0 aliphatic heterocycles. The van der Waals surface area contributed by atoms with Crippen LogP contribution in [0.2, 0.25) is 0 Å². The van der Waals surface area contributed by atoms with Crippen molar-refractivity contribution in [3.8, 4) is 21.8 Å². The molecule has 1 N–H and O–H groups in total. The molecular formula is C18H15N3S. The van der Waals surface area contributed by atoms with E-state index in [1.165, 1.54) is 21.6 Å². The Hall–Kier alpha value is -2.59. The highest BCUT2D eigenvalue weighted by Crippen LogP contribution is 2.27. The molecule has 0 bridgehead atoms. The number of imidazole rings is 1. The number of H-pyrrole nitrogens is 1. The molecule has 0 amide bonds. The summed E-state index contributed by atoms with van der Waals surface area (Å²) in [7, 11) is 0. The number of hydrogen-bond acceptors (Lipinski definition) is 2. The highest BCUT2D eigenvalue weighted by Gasteiger charge is 2.11. The Morgan fingerprint density at radius 2 is 1.95 bits per heavy atom. The van der Waals surface area contributed by atoms with Gasteiger partial charge in [0.2, 0.25) is 0 Å². The minimum Gasteiger partial charge on any atom is -0.367 e. The SMILES string of the molecule is c1ccc(-c2c[nH]cc2Cn2ccnc2-c2cccs2)cc1. The molecule has 0 saturated heterocycles. The van der Waals surface area contributed by atoms with Gasteiger partial charge in [-0.3, -0.25) is 0 Å². The summed E-state index contributed by atoms with van der Waals surface area (Å²) in [4.78, 5) is 8.93. The Morgan fingerprint density at radius 1 is 1.05 bits per heavy atom. The molecule has 4 aromatic rings. The first kappa shape index (κ1) is 13.1. The number of hydrogen-bond donors (Lipinski definition) is 1. The molecule has 0 radical (unpaired) electrons. The lowest BCUT2D eigenvalue weighted by molar-refractivity contribution is 0.811. The van der Waals surface area contributed by atoms with Gasteiger partial charge in [0.1, 0.15) is 5.82 Å². The summed E-state index contributed by atoms with van der Waals surface area (Å²) in [5, 5.41) is 2.08. The highest BCUT2D eigenvalue weighted by atomic mass is 32.1. The van der Waals surface area contributed by atoms with Crippen molar-refractivity contribution in [3.63, 3.8) is 0 Å². The average Bonchev–Trinajstić information content (AvgIpc) is 3.30. The van der Waals surface area contributed by atoms with E-state index in [9.17, 15) is 0 Å². The van der Waals surface area contributed by atoms with Gasteiger partial charge in [-0.25, -0.2) is 4.98 Å². The summed E-state index contributed by atoms with van der Waals surface area (Å²) in [5.41, 5.74) is 3.74. The molecule has 0 aliphatic rings. The smallest absolute Gasteiger partial charge is 0.150 e. The normalized spacial score (nSPS) is 10.9. The lowest BCUT2D eigenvalue weighted by atomic mass is 10.0. The first-order valence-corrected chi connectivity index (χ1v) is 8.06. The number of nitrogens with one attached hydrogen (secondary N) is 1. The van der Waals surface area contributed by atoms with E-state index < -0.39 is 0 Å². The molecule has 108 valence electrons. The number of thiophene rings is 1. The monoisotopic (exact) mass is 305 g/mol. The Balaban J connectivity index is 1.69. The lowest BCUT2D eigenvalue weighted by Crippen LogP contribution is -2.00. The Bertz CT molecular complexity index is 857. The van der Waals surface area contributed by atoms with Gasteiger partial charge >= 0.3 is 0 Å². The van der Waals surface area contributed by atoms with Crippen LogP contribution in [0.25, 0.3) is 21.8 Å². The molecule has 0 unspecified atom stereocenters. The number of rotatable bonds is 4. The van der Waals surface area contributed by atoms with Crippen molar-refractivity contribution in [2.24, 2.45) is 0 Å². The molecule has 3 nitrogen and oxygen atoms in total. The third-order valence-electron chi connectivity index (χ3n) is 3.71. The molecule has 3 aromatic heterocycles. The number of benzene rings is 1. The summed E-state index contributed by atoms with van der Waals surface area (Å²) in [5.74, 6) is 1.02. The average molecular weight is 305 g/mol. The van der Waals surface area contributed by atoms with E-state index in [2.05, 4.69) is 68.7 Å². The van der Waals surface area contributed by atoms with Crippen LogP contribution >= 0.6 is 11.3 Å². The van der Waals surface area contributed by atoms with Crippen LogP contribution in [0.5, 0.6) is 0 Å². The van der Waals surface area contributed by atoms with Crippen molar-refractivity contribution < 1.29 is 0 Å². The van der Waals surface area contributed by atoms with Crippen molar-refractivity contribution in [3.05, 3.63) is 78.2 Å². The second kappa shape index (κ2) is 5.66. The Labute approximate surface area is 132 Å². The summed E-state index contributed by atoms with van der Waals surface area (Å²) < 4.78 is 2.20. The van der Waals surface area contributed by atoms with Crippen LogP contribution in [0.4, 0.5) is 0 Å². The van der Waals surface area contributed by atoms with Gasteiger partial charge in [0, 0.05) is 30.4 Å². The van der Waals surface area contributed by atoms with Crippen LogP contribution < -0.4 is 0 Å². The van der Waals surface area contributed by atoms with E-state index in [1.807, 2.05) is 18.5 Å². The van der Waals surface area contributed by atoms with Crippen LogP contribution in [0.15, 0.2) is 72.6 Å². The van der Waals surface area contributed by atoms with Crippen LogP contribution in [0.1, 0.15) is 5.56 Å². The van der Waals surface area contributed by atoms with Gasteiger partial charge in [-0.15, -0.1) is 11.3 Å². The van der Waals surface area contributed by atoms with Crippen molar-refractivity contribution >= 4 is 11.3 Å². The second-order valence-corrected chi connectivity index (χ2v) is 6.06. The van der Waals surface area contributed by atoms with E-state index in [0.717, 1.165) is 12.4 Å². The summed E-state index contributed by atoms with van der Waals surface area (Å²) in [6, 6.07) is 14.6. The minimum absolute atomic E-state index is 0.807. The third kappa shape index (κ3) is 2.38. The zero-order chi connectivity index (χ0) is 14.8. The minimum atomic E-state index is 0.807. The largest absolute Gasteiger partial charge is 0.367 e. The van der Waals surface area contributed by atoms with Crippen molar-refractivity contribution in [2.45, 2.75) is 6.54 Å². The maximum Gasteiger partial charge on any atom is 0.150 e. The molecule has 3 heterocycles. The summed E-state index contributed by atoms with van der Waals surface area (Å²) >= 11 is 1.72. The molecule has 4 rings (SSSR count). The molecular weight excluding hydrogens is 290 g/mol. The lowest BCUT2D eigenvalue weighted by Gasteiger charge is -2.08. The number of nitrogens with zero attached hydrogens (tertiary/aromatic N) is 2. The van der Waals surface area contributed by atoms with Crippen molar-refractivity contribution in [1.29, 1.82) is 0 Å². The van der Waals surface area contributed by atoms with Crippen molar-refractivity contribution in [2.75, 3.05) is 0 Å². The van der Waals surface area contributed by atoms with Gasteiger partial charge in [-0.2, -0.15) is 0 Å². The van der Waals surface area contributed by atoms with Gasteiger partial charge in [-0.05, 0) is 22.6 Å². The maximum atomic E-state index is 4.50. The fourth-order valence-corrected chi connectivity index (χ4v) is 3.40. The van der Waals surface area contributed by atoms with Gasteiger partial charge in [0.15, 0.2) is 0 Å². The molecule has 1 aromatic carbocycles. The molecule has 0 atom stereocenters. The highest BCUT2D eigenvalue weighted by molar-refractivity contribution is 7.13. The molecule has 0 fully saturated rings. The summed E-state index contributed by atoms with van der Waals surface area (Å²) in [6.07, 6.45) is 8.04. The van der Waals surface area contributed by atoms with Crippen LogP contribution in [-0.2, 0) is 6.54 Å². The van der Waals surface area contributed by atoms with Crippen LogP contribution in [0.3, 0.4) is 0 Å². The van der Waals surface area contributed by atoms with E-state index >= 15 is 0 Å². The first-order valence-electron chi connectivity index (χ1n) is 7.18. The van der Waals surface area contributed by atoms with Gasteiger partial charge in [0.05, 0.1) is 11.4 Å². The topological polar surface area (TPSA) is 33.6 Å². The van der Waals surface area contributed by atoms with E-state index in [-0.39, 0.29) is 0 Å². The van der Waals surface area contributed by atoms with Gasteiger partial charge < -0.3 is 9.55 Å². The van der Waals surface area contributed by atoms with Gasteiger partial charge in [0.25, 0.3) is 0 Å². The Morgan fingerprint density at radius 3 is 2.77 bits per heavy atom. The molecule has 0 spiro atoms. The maximum absolute atomic E-state index is 4.50. The van der Waals surface area contributed by atoms with Crippen molar-refractivity contribution in [1.82, 2.24) is 14.5 Å². The second-order valence-electron chi connectivity index (χ2n) is 5.12. The van der Waals surface area contributed by atoms with Crippen LogP contribution in [0, 0.1) is 0 Å². The third-order valence-corrected chi connectivity index (χ3v) is 4.58. The van der Waals surface area contributed by atoms with E-state index in [0.29, 0.717) is 0 Å². The molecule has 22 heavy (non-hydrogen) atoms. The number of aromatic nitrogens is 3. The molecule has 0 aliphatic carbocycles. The van der Waals surface area contributed by atoms with E-state index in [4.69, 9.17) is 0 Å². The predicted molar refractivity (Wildman–Crippen MR) is 90.9 cm³/mol. The van der Waals surface area contributed by atoms with Crippen LogP contribution in [-0.4, -0.2) is 14.5 Å².